The lowest BCUT2D eigenvalue weighted by molar-refractivity contribution is -0.240. The maximum atomic E-state index is 11.2. The Hall–Kier alpha value is -1.67. The van der Waals surface area contributed by atoms with Crippen molar-refractivity contribution in [1.82, 2.24) is 5.32 Å². The number of hydrogen-bond acceptors (Lipinski definition) is 7. The highest BCUT2D eigenvalue weighted by Gasteiger charge is 2.41. The summed E-state index contributed by atoms with van der Waals surface area (Å²) in [5.41, 5.74) is 0. The van der Waals surface area contributed by atoms with Gasteiger partial charge in [-0.2, -0.15) is 0 Å². The Morgan fingerprint density at radius 3 is 2.33 bits per heavy atom. The molecular formula is C13H21NO7. The number of nitrogens with one attached hydrogen (secondary N) is 1. The standard InChI is InChI=1S/C13H21NO7/c1-7(15)14-10-5-11(20-9(3)17)12(6-19-8(2)16)21-13(10)18-4/h10-13H,5-6H2,1-4H3,(H,14,15)/t10-,11+,12-,13-/m1/s1. The van der Waals surface area contributed by atoms with Gasteiger partial charge in [-0.15, -0.1) is 0 Å². The predicted octanol–water partition coefficient (Wildman–Crippen LogP) is -0.253. The Bertz CT molecular complexity index is 398. The molecule has 8 heteroatoms. The van der Waals surface area contributed by atoms with Crippen molar-refractivity contribution < 1.29 is 33.3 Å². The van der Waals surface area contributed by atoms with E-state index in [9.17, 15) is 14.4 Å². The number of ether oxygens (including phenoxy) is 4. The molecule has 1 amide bonds. The van der Waals surface area contributed by atoms with E-state index in [-0.39, 0.29) is 12.5 Å². The molecule has 8 nitrogen and oxygen atoms in total. The maximum absolute atomic E-state index is 11.2. The van der Waals surface area contributed by atoms with Crippen LogP contribution in [0.3, 0.4) is 0 Å². The molecule has 0 unspecified atom stereocenters. The fourth-order valence-electron chi connectivity index (χ4n) is 2.16. The van der Waals surface area contributed by atoms with Crippen molar-refractivity contribution in [3.63, 3.8) is 0 Å². The number of methoxy groups -OCH3 is 1. The number of carbonyl (C=O) groups excluding carboxylic acids is 3. The molecule has 1 aliphatic heterocycles. The Morgan fingerprint density at radius 1 is 1.19 bits per heavy atom. The molecule has 1 fully saturated rings. The minimum atomic E-state index is -0.707. The van der Waals surface area contributed by atoms with Crippen LogP contribution in [0, 0.1) is 0 Å². The van der Waals surface area contributed by atoms with Crippen LogP contribution in [0.4, 0.5) is 0 Å². The minimum absolute atomic E-state index is 0.0556. The average Bonchev–Trinajstić information content (AvgIpc) is 2.36. The van der Waals surface area contributed by atoms with Gasteiger partial charge in [-0.3, -0.25) is 14.4 Å². The van der Waals surface area contributed by atoms with Crippen LogP contribution >= 0.6 is 0 Å². The molecular weight excluding hydrogens is 282 g/mol. The largest absolute Gasteiger partial charge is 0.463 e. The maximum Gasteiger partial charge on any atom is 0.302 e. The first-order valence-electron chi connectivity index (χ1n) is 6.59. The van der Waals surface area contributed by atoms with Crippen molar-refractivity contribution >= 4 is 17.8 Å². The number of hydrogen-bond donors (Lipinski definition) is 1. The van der Waals surface area contributed by atoms with Crippen molar-refractivity contribution in [3.05, 3.63) is 0 Å². The Morgan fingerprint density at radius 2 is 1.86 bits per heavy atom. The molecule has 0 saturated carbocycles. The monoisotopic (exact) mass is 303 g/mol. The van der Waals surface area contributed by atoms with E-state index in [1.807, 2.05) is 0 Å². The molecule has 1 rings (SSSR count). The molecule has 1 heterocycles. The van der Waals surface area contributed by atoms with Gasteiger partial charge in [-0.1, -0.05) is 0 Å². The van der Waals surface area contributed by atoms with Crippen molar-refractivity contribution in [2.75, 3.05) is 13.7 Å². The Balaban J connectivity index is 2.78. The molecule has 1 N–H and O–H groups in total. The lowest BCUT2D eigenvalue weighted by atomic mass is 10.00. The van der Waals surface area contributed by atoms with Crippen LogP contribution in [0.15, 0.2) is 0 Å². The van der Waals surface area contributed by atoms with E-state index in [2.05, 4.69) is 5.32 Å². The second-order valence-corrected chi connectivity index (χ2v) is 4.77. The molecule has 0 bridgehead atoms. The van der Waals surface area contributed by atoms with E-state index in [4.69, 9.17) is 18.9 Å². The fraction of sp³-hybridized carbons (Fsp3) is 0.769. The van der Waals surface area contributed by atoms with Crippen molar-refractivity contribution in [1.29, 1.82) is 0 Å². The molecule has 0 radical (unpaired) electrons. The molecule has 1 aliphatic rings. The van der Waals surface area contributed by atoms with Crippen LogP contribution < -0.4 is 5.32 Å². The highest BCUT2D eigenvalue weighted by atomic mass is 16.7. The van der Waals surface area contributed by atoms with Gasteiger partial charge in [0.15, 0.2) is 6.29 Å². The van der Waals surface area contributed by atoms with Crippen LogP contribution in [0.1, 0.15) is 27.2 Å². The second-order valence-electron chi connectivity index (χ2n) is 4.77. The number of carbonyl (C=O) groups is 3. The van der Waals surface area contributed by atoms with Gasteiger partial charge in [0.25, 0.3) is 0 Å². The quantitative estimate of drug-likeness (QED) is 0.699. The first kappa shape index (κ1) is 17.4. The summed E-state index contributed by atoms with van der Waals surface area (Å²) in [6.07, 6.45) is -1.68. The topological polar surface area (TPSA) is 100 Å². The lowest BCUT2D eigenvalue weighted by Gasteiger charge is -2.39. The normalized spacial score (nSPS) is 28.6. The van der Waals surface area contributed by atoms with Crippen LogP contribution in [-0.2, 0) is 33.3 Å². The van der Waals surface area contributed by atoms with Gasteiger partial charge in [0.2, 0.25) is 5.91 Å². The van der Waals surface area contributed by atoms with Gasteiger partial charge in [0.05, 0.1) is 6.04 Å². The van der Waals surface area contributed by atoms with Gasteiger partial charge < -0.3 is 24.3 Å². The summed E-state index contributed by atoms with van der Waals surface area (Å²) in [6.45, 7) is 3.87. The summed E-state index contributed by atoms with van der Waals surface area (Å²) < 4.78 is 20.9. The van der Waals surface area contributed by atoms with Crippen molar-refractivity contribution in [3.8, 4) is 0 Å². The third-order valence-corrected chi connectivity index (χ3v) is 2.93. The molecule has 0 aliphatic carbocycles. The number of esters is 2. The zero-order valence-corrected chi connectivity index (χ0v) is 12.6. The van der Waals surface area contributed by atoms with Crippen molar-refractivity contribution in [2.45, 2.75) is 51.7 Å². The van der Waals surface area contributed by atoms with E-state index in [0.29, 0.717) is 6.42 Å². The van der Waals surface area contributed by atoms with E-state index in [0.717, 1.165) is 0 Å². The van der Waals surface area contributed by atoms with Crippen LogP contribution in [0.5, 0.6) is 0 Å². The van der Waals surface area contributed by atoms with Crippen LogP contribution in [0.2, 0.25) is 0 Å². The highest BCUT2D eigenvalue weighted by molar-refractivity contribution is 5.73. The van der Waals surface area contributed by atoms with Gasteiger partial charge in [-0.25, -0.2) is 0 Å². The summed E-state index contributed by atoms with van der Waals surface area (Å²) in [5.74, 6) is -1.18. The number of rotatable bonds is 5. The molecule has 0 aromatic heterocycles. The van der Waals surface area contributed by atoms with E-state index < -0.39 is 36.5 Å². The van der Waals surface area contributed by atoms with Gasteiger partial charge in [0.1, 0.15) is 18.8 Å². The fourth-order valence-corrected chi connectivity index (χ4v) is 2.16. The highest BCUT2D eigenvalue weighted by Crippen LogP contribution is 2.24. The predicted molar refractivity (Wildman–Crippen MR) is 70.1 cm³/mol. The average molecular weight is 303 g/mol. The molecule has 4 atom stereocenters. The summed E-state index contributed by atoms with van der Waals surface area (Å²) in [4.78, 5) is 33.3. The SMILES string of the molecule is CO[C@@H]1O[C@H](COC(C)=O)[C@@H](OC(C)=O)C[C@H]1NC(C)=O. The lowest BCUT2D eigenvalue weighted by Crippen LogP contribution is -2.56. The minimum Gasteiger partial charge on any atom is -0.463 e. The molecule has 21 heavy (non-hydrogen) atoms. The smallest absolute Gasteiger partial charge is 0.302 e. The van der Waals surface area contributed by atoms with Gasteiger partial charge in [0, 0.05) is 34.3 Å². The number of amides is 1. The van der Waals surface area contributed by atoms with Gasteiger partial charge in [-0.05, 0) is 0 Å². The van der Waals surface area contributed by atoms with E-state index in [1.54, 1.807) is 0 Å². The zero-order chi connectivity index (χ0) is 16.0. The summed E-state index contributed by atoms with van der Waals surface area (Å²) >= 11 is 0. The Labute approximate surface area is 123 Å². The third-order valence-electron chi connectivity index (χ3n) is 2.93. The molecule has 0 aromatic carbocycles. The molecule has 1 saturated heterocycles. The molecule has 0 spiro atoms. The summed E-state index contributed by atoms with van der Waals surface area (Å²) in [6, 6.07) is -0.453. The summed E-state index contributed by atoms with van der Waals surface area (Å²) in [7, 11) is 1.44. The second kappa shape index (κ2) is 7.94. The third kappa shape index (κ3) is 5.68. The first-order valence-corrected chi connectivity index (χ1v) is 6.59. The first-order chi connectivity index (χ1) is 9.83. The van der Waals surface area contributed by atoms with Gasteiger partial charge >= 0.3 is 11.9 Å². The molecule has 120 valence electrons. The van der Waals surface area contributed by atoms with E-state index in [1.165, 1.54) is 27.9 Å². The van der Waals surface area contributed by atoms with Crippen LogP contribution in [0.25, 0.3) is 0 Å². The Kier molecular flexibility index (Phi) is 6.57. The van der Waals surface area contributed by atoms with Crippen molar-refractivity contribution in [2.24, 2.45) is 0 Å². The van der Waals surface area contributed by atoms with Crippen LogP contribution in [-0.4, -0.2) is 56.1 Å². The van der Waals surface area contributed by atoms with E-state index >= 15 is 0 Å². The summed E-state index contributed by atoms with van der Waals surface area (Å²) in [5, 5.41) is 2.68. The molecule has 0 aromatic rings. The zero-order valence-electron chi connectivity index (χ0n) is 12.6.